The predicted molar refractivity (Wildman–Crippen MR) is 74.6 cm³/mol. The lowest BCUT2D eigenvalue weighted by molar-refractivity contribution is -0.113. The van der Waals surface area contributed by atoms with Gasteiger partial charge in [-0.25, -0.2) is 8.78 Å². The minimum atomic E-state index is -0.822. The van der Waals surface area contributed by atoms with Crippen molar-refractivity contribution in [3.63, 3.8) is 0 Å². The van der Waals surface area contributed by atoms with E-state index in [-0.39, 0.29) is 18.0 Å². The summed E-state index contributed by atoms with van der Waals surface area (Å²) in [4.78, 5) is 11.7. The van der Waals surface area contributed by atoms with Gasteiger partial charge in [-0.2, -0.15) is 0 Å². The van der Waals surface area contributed by atoms with E-state index in [1.165, 1.54) is 6.07 Å². The molecule has 1 aromatic carbocycles. The summed E-state index contributed by atoms with van der Waals surface area (Å²) in [6.07, 6.45) is 0. The Bertz CT molecular complexity index is 661. The zero-order chi connectivity index (χ0) is 15.4. The van der Waals surface area contributed by atoms with Crippen molar-refractivity contribution in [1.82, 2.24) is 14.8 Å². The monoisotopic (exact) mass is 313 g/mol. The first-order chi connectivity index (χ1) is 10.0. The van der Waals surface area contributed by atoms with E-state index in [2.05, 4.69) is 15.5 Å². The lowest BCUT2D eigenvalue weighted by atomic mass is 10.3. The van der Waals surface area contributed by atoms with Gasteiger partial charge in [-0.1, -0.05) is 11.8 Å². The number of hydrogen-bond donors (Lipinski definition) is 2. The normalized spacial score (nSPS) is 10.7. The molecule has 0 radical (unpaired) electrons. The maximum absolute atomic E-state index is 13.4. The summed E-state index contributed by atoms with van der Waals surface area (Å²) in [5.41, 5.74) is 5.40. The molecule has 1 aromatic heterocycles. The molecule has 112 valence electrons. The van der Waals surface area contributed by atoms with Gasteiger partial charge in [-0.15, -0.1) is 10.2 Å². The highest BCUT2D eigenvalue weighted by molar-refractivity contribution is 7.99. The molecule has 0 fully saturated rings. The first-order valence-corrected chi connectivity index (χ1v) is 6.96. The summed E-state index contributed by atoms with van der Waals surface area (Å²) in [6, 6.07) is 2.95. The molecule has 0 saturated carbocycles. The predicted octanol–water partition coefficient (Wildman–Crippen LogP) is 1.28. The summed E-state index contributed by atoms with van der Waals surface area (Å²) in [7, 11) is 1.74. The van der Waals surface area contributed by atoms with Crippen LogP contribution in [-0.2, 0) is 18.4 Å². The van der Waals surface area contributed by atoms with Gasteiger partial charge in [0, 0.05) is 13.1 Å². The van der Waals surface area contributed by atoms with Crippen LogP contribution < -0.4 is 11.1 Å². The Kier molecular flexibility index (Phi) is 4.86. The van der Waals surface area contributed by atoms with E-state index < -0.39 is 17.5 Å². The van der Waals surface area contributed by atoms with Gasteiger partial charge < -0.3 is 15.6 Å². The van der Waals surface area contributed by atoms with Crippen molar-refractivity contribution >= 4 is 23.4 Å². The van der Waals surface area contributed by atoms with E-state index in [9.17, 15) is 13.6 Å². The van der Waals surface area contributed by atoms with Crippen molar-refractivity contribution in [3.8, 4) is 0 Å². The summed E-state index contributed by atoms with van der Waals surface area (Å²) in [5.74, 6) is -1.33. The number of aromatic nitrogens is 3. The molecule has 0 saturated heterocycles. The second kappa shape index (κ2) is 6.64. The van der Waals surface area contributed by atoms with Crippen molar-refractivity contribution in [3.05, 3.63) is 35.7 Å². The van der Waals surface area contributed by atoms with Crippen LogP contribution in [0.4, 0.5) is 14.5 Å². The molecule has 1 heterocycles. The highest BCUT2D eigenvalue weighted by atomic mass is 32.2. The molecule has 0 unspecified atom stereocenters. The fourth-order valence-electron chi connectivity index (χ4n) is 1.56. The van der Waals surface area contributed by atoms with Gasteiger partial charge in [0.1, 0.15) is 17.5 Å². The molecule has 0 bridgehead atoms. The van der Waals surface area contributed by atoms with Crippen molar-refractivity contribution in [2.75, 3.05) is 11.1 Å². The fraction of sp³-hybridized carbons (Fsp3) is 0.250. The number of carbonyl (C=O) groups is 1. The van der Waals surface area contributed by atoms with Crippen LogP contribution in [0.2, 0.25) is 0 Å². The number of anilines is 1. The first kappa shape index (κ1) is 15.4. The molecule has 9 heteroatoms. The Balaban J connectivity index is 1.94. The second-order valence-corrected chi connectivity index (χ2v) is 5.07. The van der Waals surface area contributed by atoms with Crippen LogP contribution in [0.25, 0.3) is 0 Å². The molecule has 2 aromatic rings. The Hall–Kier alpha value is -2.00. The van der Waals surface area contributed by atoms with Crippen LogP contribution in [0.5, 0.6) is 0 Å². The molecule has 1 amide bonds. The average Bonchev–Trinajstić information content (AvgIpc) is 2.80. The number of nitrogens with one attached hydrogen (secondary N) is 1. The van der Waals surface area contributed by atoms with Gasteiger partial charge in [0.05, 0.1) is 18.0 Å². The maximum Gasteiger partial charge on any atom is 0.234 e. The molecule has 0 aliphatic rings. The number of thioether (sulfide) groups is 1. The number of carbonyl (C=O) groups excluding carboxylic acids is 1. The molecule has 0 aliphatic heterocycles. The lowest BCUT2D eigenvalue weighted by Crippen LogP contribution is -2.15. The molecule has 0 spiro atoms. The third kappa shape index (κ3) is 3.76. The number of halogens is 2. The van der Waals surface area contributed by atoms with E-state index >= 15 is 0 Å². The van der Waals surface area contributed by atoms with Gasteiger partial charge >= 0.3 is 0 Å². The molecular weight excluding hydrogens is 300 g/mol. The SMILES string of the molecule is Cn1c(CN)nnc1SCC(=O)Nc1ccc(F)cc1F. The second-order valence-electron chi connectivity index (χ2n) is 4.12. The molecular formula is C12H13F2N5OS. The Morgan fingerprint density at radius 1 is 1.43 bits per heavy atom. The van der Waals surface area contributed by atoms with Gasteiger partial charge in [0.15, 0.2) is 5.16 Å². The quantitative estimate of drug-likeness (QED) is 0.812. The van der Waals surface area contributed by atoms with Gasteiger partial charge in [-0.3, -0.25) is 4.79 Å². The zero-order valence-electron chi connectivity index (χ0n) is 11.1. The molecule has 0 aliphatic carbocycles. The van der Waals surface area contributed by atoms with E-state index in [1.54, 1.807) is 11.6 Å². The largest absolute Gasteiger partial charge is 0.324 e. The number of rotatable bonds is 5. The number of nitrogens with zero attached hydrogens (tertiary/aromatic N) is 3. The van der Waals surface area contributed by atoms with Gasteiger partial charge in [0.25, 0.3) is 0 Å². The standard InChI is InChI=1S/C12H13F2N5OS/c1-19-10(5-15)17-18-12(19)21-6-11(20)16-9-3-2-7(13)4-8(9)14/h2-4H,5-6,15H2,1H3,(H,16,20). The molecule has 3 N–H and O–H groups in total. The van der Waals surface area contributed by atoms with E-state index in [4.69, 9.17) is 5.73 Å². The number of benzene rings is 1. The first-order valence-electron chi connectivity index (χ1n) is 5.97. The molecule has 21 heavy (non-hydrogen) atoms. The van der Waals surface area contributed by atoms with E-state index in [0.29, 0.717) is 17.0 Å². The summed E-state index contributed by atoms with van der Waals surface area (Å²) >= 11 is 1.14. The number of amides is 1. The summed E-state index contributed by atoms with van der Waals surface area (Å²) in [5, 5.41) is 10.6. The highest BCUT2D eigenvalue weighted by Crippen LogP contribution is 2.18. The Morgan fingerprint density at radius 2 is 2.19 bits per heavy atom. The molecule has 6 nitrogen and oxygen atoms in total. The van der Waals surface area contributed by atoms with Crippen molar-refractivity contribution in [1.29, 1.82) is 0 Å². The fourth-order valence-corrected chi connectivity index (χ4v) is 2.29. The van der Waals surface area contributed by atoms with Crippen LogP contribution in [0.3, 0.4) is 0 Å². The maximum atomic E-state index is 13.4. The van der Waals surface area contributed by atoms with E-state index in [0.717, 1.165) is 17.8 Å². The summed E-state index contributed by atoms with van der Waals surface area (Å²) in [6.45, 7) is 0.247. The smallest absolute Gasteiger partial charge is 0.234 e. The van der Waals surface area contributed by atoms with Crippen molar-refractivity contribution in [2.24, 2.45) is 12.8 Å². The van der Waals surface area contributed by atoms with Crippen molar-refractivity contribution in [2.45, 2.75) is 11.7 Å². The highest BCUT2D eigenvalue weighted by Gasteiger charge is 2.12. The van der Waals surface area contributed by atoms with Crippen LogP contribution in [0.15, 0.2) is 23.4 Å². The van der Waals surface area contributed by atoms with Gasteiger partial charge in [0.2, 0.25) is 5.91 Å². The molecule has 2 rings (SSSR count). The zero-order valence-corrected chi connectivity index (χ0v) is 12.0. The third-order valence-electron chi connectivity index (χ3n) is 2.65. The minimum absolute atomic E-state index is 0.0212. The minimum Gasteiger partial charge on any atom is -0.324 e. The van der Waals surface area contributed by atoms with Crippen LogP contribution >= 0.6 is 11.8 Å². The van der Waals surface area contributed by atoms with Crippen LogP contribution in [0, 0.1) is 11.6 Å². The number of hydrogen-bond acceptors (Lipinski definition) is 5. The van der Waals surface area contributed by atoms with Crippen molar-refractivity contribution < 1.29 is 13.6 Å². The lowest BCUT2D eigenvalue weighted by Gasteiger charge is -2.06. The topological polar surface area (TPSA) is 85.8 Å². The van der Waals surface area contributed by atoms with Crippen LogP contribution in [-0.4, -0.2) is 26.4 Å². The van der Waals surface area contributed by atoms with E-state index in [1.807, 2.05) is 0 Å². The number of nitrogens with two attached hydrogens (primary N) is 1. The van der Waals surface area contributed by atoms with Gasteiger partial charge in [-0.05, 0) is 12.1 Å². The molecule has 0 atom stereocenters. The third-order valence-corrected chi connectivity index (χ3v) is 3.67. The van der Waals surface area contributed by atoms with Crippen LogP contribution in [0.1, 0.15) is 5.82 Å². The Morgan fingerprint density at radius 3 is 2.81 bits per heavy atom. The Labute approximate surface area is 123 Å². The average molecular weight is 313 g/mol. The summed E-state index contributed by atoms with van der Waals surface area (Å²) < 4.78 is 27.8.